The molecule has 0 radical (unpaired) electrons. The number of pyridine rings is 1. The summed E-state index contributed by atoms with van der Waals surface area (Å²) in [5, 5.41) is 4.65. The standard InChI is InChI=1S/C15H12F3N3/c1-10-2-4-12-8-11(3-5-13(12)20-10)9-21-14(6-7-19-21)15(16,17)18/h2-8H,9H2,1H3. The molecule has 2 heterocycles. The zero-order valence-corrected chi connectivity index (χ0v) is 11.2. The quantitative estimate of drug-likeness (QED) is 0.719. The van der Waals surface area contributed by atoms with E-state index in [0.29, 0.717) is 0 Å². The van der Waals surface area contributed by atoms with E-state index in [0.717, 1.165) is 39.1 Å². The van der Waals surface area contributed by atoms with E-state index in [1.165, 1.54) is 0 Å². The van der Waals surface area contributed by atoms with Crippen molar-refractivity contribution in [2.75, 3.05) is 0 Å². The molecule has 3 aromatic rings. The SMILES string of the molecule is Cc1ccc2cc(Cn3nccc3C(F)(F)F)ccc2n1. The Morgan fingerprint density at radius 1 is 1.10 bits per heavy atom. The molecule has 6 heteroatoms. The number of rotatable bonds is 2. The van der Waals surface area contributed by atoms with Crippen LogP contribution in [0, 0.1) is 6.92 Å². The largest absolute Gasteiger partial charge is 0.433 e. The van der Waals surface area contributed by atoms with Gasteiger partial charge in [0, 0.05) is 17.3 Å². The lowest BCUT2D eigenvalue weighted by molar-refractivity contribution is -0.144. The van der Waals surface area contributed by atoms with Crippen LogP contribution in [0.4, 0.5) is 13.2 Å². The van der Waals surface area contributed by atoms with Gasteiger partial charge >= 0.3 is 6.18 Å². The van der Waals surface area contributed by atoms with Crippen LogP contribution in [0.1, 0.15) is 17.0 Å². The van der Waals surface area contributed by atoms with Crippen LogP contribution in [-0.4, -0.2) is 14.8 Å². The number of fused-ring (bicyclic) bond motifs is 1. The van der Waals surface area contributed by atoms with E-state index < -0.39 is 11.9 Å². The van der Waals surface area contributed by atoms with E-state index in [4.69, 9.17) is 0 Å². The summed E-state index contributed by atoms with van der Waals surface area (Å²) in [6, 6.07) is 10.2. The van der Waals surface area contributed by atoms with E-state index in [1.54, 1.807) is 6.07 Å². The van der Waals surface area contributed by atoms with Gasteiger partial charge in [-0.1, -0.05) is 12.1 Å². The van der Waals surface area contributed by atoms with E-state index in [9.17, 15) is 13.2 Å². The van der Waals surface area contributed by atoms with Crippen LogP contribution in [0.3, 0.4) is 0 Å². The molecule has 0 N–H and O–H groups in total. The topological polar surface area (TPSA) is 30.7 Å². The maximum Gasteiger partial charge on any atom is 0.433 e. The third-order valence-electron chi connectivity index (χ3n) is 3.23. The molecule has 0 unspecified atom stereocenters. The number of hydrogen-bond donors (Lipinski definition) is 0. The third kappa shape index (κ3) is 2.74. The van der Waals surface area contributed by atoms with E-state index in [-0.39, 0.29) is 6.54 Å². The fraction of sp³-hybridized carbons (Fsp3) is 0.200. The number of aryl methyl sites for hydroxylation is 1. The Bertz CT molecular complexity index is 790. The lowest BCUT2D eigenvalue weighted by Gasteiger charge is -2.11. The molecule has 0 saturated heterocycles. The molecule has 108 valence electrons. The molecule has 0 atom stereocenters. The van der Waals surface area contributed by atoms with Crippen molar-refractivity contribution in [1.29, 1.82) is 0 Å². The number of halogens is 3. The Labute approximate surface area is 119 Å². The van der Waals surface area contributed by atoms with Gasteiger partial charge in [0.1, 0.15) is 5.69 Å². The average molecular weight is 291 g/mol. The van der Waals surface area contributed by atoms with Crippen LogP contribution in [-0.2, 0) is 12.7 Å². The maximum atomic E-state index is 12.8. The summed E-state index contributed by atoms with van der Waals surface area (Å²) in [6.07, 6.45) is -3.24. The van der Waals surface area contributed by atoms with Crippen molar-refractivity contribution >= 4 is 10.9 Å². The summed E-state index contributed by atoms with van der Waals surface area (Å²) in [7, 11) is 0. The highest BCUT2D eigenvalue weighted by molar-refractivity contribution is 5.79. The Morgan fingerprint density at radius 3 is 2.67 bits per heavy atom. The monoisotopic (exact) mass is 291 g/mol. The maximum absolute atomic E-state index is 12.8. The molecular weight excluding hydrogens is 279 g/mol. The average Bonchev–Trinajstić information content (AvgIpc) is 2.87. The normalized spacial score (nSPS) is 12.0. The van der Waals surface area contributed by atoms with Gasteiger partial charge in [0.2, 0.25) is 0 Å². The molecule has 2 aromatic heterocycles. The van der Waals surface area contributed by atoms with Crippen LogP contribution in [0.5, 0.6) is 0 Å². The third-order valence-corrected chi connectivity index (χ3v) is 3.23. The van der Waals surface area contributed by atoms with Gasteiger partial charge in [0.25, 0.3) is 0 Å². The Kier molecular flexibility index (Phi) is 3.16. The number of alkyl halides is 3. The van der Waals surface area contributed by atoms with Crippen LogP contribution >= 0.6 is 0 Å². The molecular formula is C15H12F3N3. The molecule has 0 fully saturated rings. The van der Waals surface area contributed by atoms with Crippen molar-refractivity contribution in [2.24, 2.45) is 0 Å². The Balaban J connectivity index is 1.95. The van der Waals surface area contributed by atoms with Crippen molar-refractivity contribution in [3.8, 4) is 0 Å². The van der Waals surface area contributed by atoms with Crippen molar-refractivity contribution in [1.82, 2.24) is 14.8 Å². The lowest BCUT2D eigenvalue weighted by Crippen LogP contribution is -2.15. The molecule has 0 aliphatic carbocycles. The molecule has 3 rings (SSSR count). The number of hydrogen-bond acceptors (Lipinski definition) is 2. The zero-order chi connectivity index (χ0) is 15.0. The van der Waals surface area contributed by atoms with Crippen LogP contribution < -0.4 is 0 Å². The van der Waals surface area contributed by atoms with Gasteiger partial charge < -0.3 is 0 Å². The van der Waals surface area contributed by atoms with Crippen LogP contribution in [0.15, 0.2) is 42.6 Å². The second-order valence-electron chi connectivity index (χ2n) is 4.85. The lowest BCUT2D eigenvalue weighted by atomic mass is 10.1. The molecule has 21 heavy (non-hydrogen) atoms. The first kappa shape index (κ1) is 13.6. The van der Waals surface area contributed by atoms with Crippen LogP contribution in [0.25, 0.3) is 10.9 Å². The molecule has 0 saturated carbocycles. The van der Waals surface area contributed by atoms with E-state index >= 15 is 0 Å². The minimum absolute atomic E-state index is 0.0751. The molecule has 0 amide bonds. The smallest absolute Gasteiger partial charge is 0.256 e. The fourth-order valence-corrected chi connectivity index (χ4v) is 2.25. The molecule has 0 aliphatic heterocycles. The molecule has 0 bridgehead atoms. The fourth-order valence-electron chi connectivity index (χ4n) is 2.25. The predicted molar refractivity (Wildman–Crippen MR) is 72.8 cm³/mol. The second kappa shape index (κ2) is 4.87. The number of aromatic nitrogens is 3. The molecule has 1 aromatic carbocycles. The van der Waals surface area contributed by atoms with Crippen LogP contribution in [0.2, 0.25) is 0 Å². The second-order valence-corrected chi connectivity index (χ2v) is 4.85. The highest BCUT2D eigenvalue weighted by Gasteiger charge is 2.34. The minimum Gasteiger partial charge on any atom is -0.256 e. The first-order valence-corrected chi connectivity index (χ1v) is 6.39. The highest BCUT2D eigenvalue weighted by atomic mass is 19.4. The van der Waals surface area contributed by atoms with Gasteiger partial charge in [-0.15, -0.1) is 0 Å². The van der Waals surface area contributed by atoms with Gasteiger partial charge in [0.05, 0.1) is 12.1 Å². The molecule has 0 aliphatic rings. The Morgan fingerprint density at radius 2 is 1.90 bits per heavy atom. The van der Waals surface area contributed by atoms with Gasteiger partial charge in [-0.25, -0.2) is 0 Å². The van der Waals surface area contributed by atoms with Crippen molar-refractivity contribution < 1.29 is 13.2 Å². The zero-order valence-electron chi connectivity index (χ0n) is 11.2. The van der Waals surface area contributed by atoms with Crippen molar-refractivity contribution in [2.45, 2.75) is 19.6 Å². The van der Waals surface area contributed by atoms with Gasteiger partial charge in [-0.05, 0) is 36.8 Å². The summed E-state index contributed by atoms with van der Waals surface area (Å²) >= 11 is 0. The van der Waals surface area contributed by atoms with Gasteiger partial charge in [0.15, 0.2) is 0 Å². The summed E-state index contributed by atoms with van der Waals surface area (Å²) in [4.78, 5) is 4.37. The van der Waals surface area contributed by atoms with Crippen molar-refractivity contribution in [3.05, 3.63) is 59.5 Å². The Hall–Kier alpha value is -2.37. The minimum atomic E-state index is -4.40. The predicted octanol–water partition coefficient (Wildman–Crippen LogP) is 3.81. The highest BCUT2D eigenvalue weighted by Crippen LogP contribution is 2.29. The first-order chi connectivity index (χ1) is 9.93. The van der Waals surface area contributed by atoms with Gasteiger partial charge in [-0.3, -0.25) is 9.67 Å². The number of nitrogens with zero attached hydrogens (tertiary/aromatic N) is 3. The summed E-state index contributed by atoms with van der Waals surface area (Å²) < 4.78 is 39.4. The molecule has 0 spiro atoms. The van der Waals surface area contributed by atoms with Gasteiger partial charge in [-0.2, -0.15) is 18.3 Å². The van der Waals surface area contributed by atoms with E-state index in [2.05, 4.69) is 10.1 Å². The summed E-state index contributed by atoms with van der Waals surface area (Å²) in [6.45, 7) is 1.97. The van der Waals surface area contributed by atoms with Crippen molar-refractivity contribution in [3.63, 3.8) is 0 Å². The molecule has 3 nitrogen and oxygen atoms in total. The van der Waals surface area contributed by atoms with E-state index in [1.807, 2.05) is 31.2 Å². The number of benzene rings is 1. The first-order valence-electron chi connectivity index (χ1n) is 6.39. The summed E-state index contributed by atoms with van der Waals surface area (Å²) in [5.74, 6) is 0. The summed E-state index contributed by atoms with van der Waals surface area (Å²) in [5.41, 5.74) is 1.74.